The second-order valence-electron chi connectivity index (χ2n) is 6.58. The van der Waals surface area contributed by atoms with E-state index < -0.39 is 11.8 Å². The standard InChI is InChI=1S/C24H21NO4/c1-3-29-22(28)14-13-20(26)24-21(27)15-19-6-4-5-18(23(19)25-24)12-11-17-9-7-16(2)8-10-17/h4-10,15,27H,3,13-14H2,1-2H3. The lowest BCUT2D eigenvalue weighted by Gasteiger charge is -2.07. The molecule has 0 aliphatic heterocycles. The summed E-state index contributed by atoms with van der Waals surface area (Å²) in [5.74, 6) is 5.11. The molecule has 0 saturated heterocycles. The van der Waals surface area contributed by atoms with Gasteiger partial charge in [0.05, 0.1) is 24.1 Å². The van der Waals surface area contributed by atoms with Gasteiger partial charge in [-0.25, -0.2) is 4.98 Å². The van der Waals surface area contributed by atoms with Crippen molar-refractivity contribution < 1.29 is 19.4 Å². The first-order valence-corrected chi connectivity index (χ1v) is 9.38. The van der Waals surface area contributed by atoms with Gasteiger partial charge in [0, 0.05) is 17.4 Å². The van der Waals surface area contributed by atoms with Gasteiger partial charge in [-0.3, -0.25) is 9.59 Å². The molecule has 0 atom stereocenters. The van der Waals surface area contributed by atoms with E-state index in [1.165, 1.54) is 6.07 Å². The van der Waals surface area contributed by atoms with Crippen LogP contribution in [0.1, 0.15) is 46.9 Å². The highest BCUT2D eigenvalue weighted by Gasteiger charge is 2.17. The van der Waals surface area contributed by atoms with Crippen molar-refractivity contribution in [1.29, 1.82) is 0 Å². The van der Waals surface area contributed by atoms with E-state index >= 15 is 0 Å². The molecule has 0 aliphatic carbocycles. The number of para-hydroxylation sites is 1. The van der Waals surface area contributed by atoms with Crippen LogP contribution in [0, 0.1) is 18.8 Å². The van der Waals surface area contributed by atoms with Crippen LogP contribution < -0.4 is 0 Å². The summed E-state index contributed by atoms with van der Waals surface area (Å²) in [4.78, 5) is 28.3. The number of aromatic hydroxyl groups is 1. The average Bonchev–Trinajstić information content (AvgIpc) is 2.71. The van der Waals surface area contributed by atoms with Gasteiger partial charge < -0.3 is 9.84 Å². The molecule has 2 aromatic carbocycles. The maximum Gasteiger partial charge on any atom is 0.306 e. The number of ketones is 1. The summed E-state index contributed by atoms with van der Waals surface area (Å²) in [5, 5.41) is 10.9. The second kappa shape index (κ2) is 9.03. The van der Waals surface area contributed by atoms with Gasteiger partial charge in [-0.15, -0.1) is 0 Å². The number of esters is 1. The largest absolute Gasteiger partial charge is 0.506 e. The van der Waals surface area contributed by atoms with Crippen LogP contribution in [-0.2, 0) is 9.53 Å². The molecular formula is C24H21NO4. The molecular weight excluding hydrogens is 366 g/mol. The molecule has 0 fully saturated rings. The molecule has 3 aromatic rings. The molecule has 0 radical (unpaired) electrons. The van der Waals surface area contributed by atoms with Crippen LogP contribution in [0.3, 0.4) is 0 Å². The van der Waals surface area contributed by atoms with Crippen LogP contribution in [0.25, 0.3) is 10.9 Å². The fraction of sp³-hybridized carbons (Fsp3) is 0.208. The molecule has 3 rings (SSSR count). The quantitative estimate of drug-likeness (QED) is 0.404. The van der Waals surface area contributed by atoms with Crippen molar-refractivity contribution in [3.05, 3.63) is 70.9 Å². The van der Waals surface area contributed by atoms with Gasteiger partial charge in [-0.2, -0.15) is 0 Å². The molecule has 0 unspecified atom stereocenters. The number of carbonyl (C=O) groups excluding carboxylic acids is 2. The Hall–Kier alpha value is -3.65. The van der Waals surface area contributed by atoms with Gasteiger partial charge in [-0.05, 0) is 38.1 Å². The summed E-state index contributed by atoms with van der Waals surface area (Å²) in [6.07, 6.45) is -0.136. The smallest absolute Gasteiger partial charge is 0.306 e. The summed E-state index contributed by atoms with van der Waals surface area (Å²) < 4.78 is 4.84. The van der Waals surface area contributed by atoms with Gasteiger partial charge in [0.2, 0.25) is 0 Å². The molecule has 1 N–H and O–H groups in total. The summed E-state index contributed by atoms with van der Waals surface area (Å²) in [5.41, 5.74) is 3.15. The van der Waals surface area contributed by atoms with Gasteiger partial charge >= 0.3 is 5.97 Å². The molecule has 0 aliphatic rings. The third-order valence-corrected chi connectivity index (χ3v) is 4.34. The molecule has 5 heteroatoms. The highest BCUT2D eigenvalue weighted by Crippen LogP contribution is 2.25. The predicted molar refractivity (Wildman–Crippen MR) is 111 cm³/mol. The first kappa shape index (κ1) is 20.1. The molecule has 0 bridgehead atoms. The lowest BCUT2D eigenvalue weighted by Crippen LogP contribution is -2.09. The van der Waals surface area contributed by atoms with Crippen molar-refractivity contribution >= 4 is 22.7 Å². The van der Waals surface area contributed by atoms with Crippen molar-refractivity contribution in [3.8, 4) is 17.6 Å². The average molecular weight is 387 g/mol. The van der Waals surface area contributed by atoms with E-state index in [1.54, 1.807) is 13.0 Å². The Morgan fingerprint density at radius 1 is 1.07 bits per heavy atom. The van der Waals surface area contributed by atoms with Crippen molar-refractivity contribution in [2.24, 2.45) is 0 Å². The minimum atomic E-state index is -0.453. The van der Waals surface area contributed by atoms with Crippen molar-refractivity contribution in [2.45, 2.75) is 26.7 Å². The Bertz CT molecular complexity index is 1120. The number of aryl methyl sites for hydroxylation is 1. The Labute approximate surface area is 169 Å². The summed E-state index contributed by atoms with van der Waals surface area (Å²) in [7, 11) is 0. The third-order valence-electron chi connectivity index (χ3n) is 4.34. The number of rotatable bonds is 5. The van der Waals surface area contributed by atoms with Gasteiger partial charge in [-0.1, -0.05) is 41.7 Å². The number of hydrogen-bond acceptors (Lipinski definition) is 5. The monoisotopic (exact) mass is 387 g/mol. The number of pyridine rings is 1. The van der Waals surface area contributed by atoms with E-state index in [0.717, 1.165) is 11.1 Å². The van der Waals surface area contributed by atoms with Crippen molar-refractivity contribution in [2.75, 3.05) is 6.61 Å². The zero-order valence-electron chi connectivity index (χ0n) is 16.4. The van der Waals surface area contributed by atoms with Crippen molar-refractivity contribution in [3.63, 3.8) is 0 Å². The SMILES string of the molecule is CCOC(=O)CCC(=O)c1nc2c(C#Cc3ccc(C)cc3)cccc2cc1O. The first-order valence-electron chi connectivity index (χ1n) is 9.38. The second-order valence-corrected chi connectivity index (χ2v) is 6.58. The first-order chi connectivity index (χ1) is 14.0. The Morgan fingerprint density at radius 3 is 2.55 bits per heavy atom. The normalized spacial score (nSPS) is 10.3. The maximum absolute atomic E-state index is 12.5. The van der Waals surface area contributed by atoms with E-state index in [-0.39, 0.29) is 30.9 Å². The van der Waals surface area contributed by atoms with E-state index in [1.807, 2.05) is 43.3 Å². The summed E-state index contributed by atoms with van der Waals surface area (Å²) in [6, 6.07) is 14.8. The summed E-state index contributed by atoms with van der Waals surface area (Å²) in [6.45, 7) is 3.98. The fourth-order valence-electron chi connectivity index (χ4n) is 2.84. The molecule has 29 heavy (non-hydrogen) atoms. The molecule has 1 aromatic heterocycles. The molecule has 146 valence electrons. The van der Waals surface area contributed by atoms with Crippen LogP contribution in [0.2, 0.25) is 0 Å². The summed E-state index contributed by atoms with van der Waals surface area (Å²) >= 11 is 0. The number of fused-ring (bicyclic) bond motifs is 1. The number of ether oxygens (including phenoxy) is 1. The number of Topliss-reactive ketones (excluding diaryl/α,β-unsaturated/α-hetero) is 1. The number of hydrogen-bond donors (Lipinski definition) is 1. The Balaban J connectivity index is 1.93. The van der Waals surface area contributed by atoms with Gasteiger partial charge in [0.15, 0.2) is 5.78 Å². The van der Waals surface area contributed by atoms with E-state index in [2.05, 4.69) is 16.8 Å². The lowest BCUT2D eigenvalue weighted by molar-refractivity contribution is -0.143. The van der Waals surface area contributed by atoms with Crippen LogP contribution in [0.5, 0.6) is 5.75 Å². The van der Waals surface area contributed by atoms with Gasteiger partial charge in [0.1, 0.15) is 11.4 Å². The Morgan fingerprint density at radius 2 is 1.83 bits per heavy atom. The minimum Gasteiger partial charge on any atom is -0.506 e. The molecule has 0 spiro atoms. The van der Waals surface area contributed by atoms with E-state index in [9.17, 15) is 14.7 Å². The predicted octanol–water partition coefficient (Wildman–Crippen LogP) is 4.17. The van der Waals surface area contributed by atoms with Crippen molar-refractivity contribution in [1.82, 2.24) is 4.98 Å². The molecule has 1 heterocycles. The maximum atomic E-state index is 12.5. The van der Waals surface area contributed by atoms with Crippen LogP contribution >= 0.6 is 0 Å². The van der Waals surface area contributed by atoms with E-state index in [4.69, 9.17) is 4.74 Å². The fourth-order valence-corrected chi connectivity index (χ4v) is 2.84. The van der Waals surface area contributed by atoms with Gasteiger partial charge in [0.25, 0.3) is 0 Å². The zero-order valence-corrected chi connectivity index (χ0v) is 16.4. The topological polar surface area (TPSA) is 76.5 Å². The molecule has 0 amide bonds. The zero-order chi connectivity index (χ0) is 20.8. The highest BCUT2D eigenvalue weighted by atomic mass is 16.5. The third kappa shape index (κ3) is 4.99. The van der Waals surface area contributed by atoms with Crippen LogP contribution in [0.15, 0.2) is 48.5 Å². The molecule has 5 nitrogen and oxygen atoms in total. The van der Waals surface area contributed by atoms with E-state index in [0.29, 0.717) is 16.5 Å². The minimum absolute atomic E-state index is 0.0549. The van der Waals surface area contributed by atoms with Crippen LogP contribution in [-0.4, -0.2) is 28.4 Å². The number of carbonyl (C=O) groups is 2. The van der Waals surface area contributed by atoms with Crippen LogP contribution in [0.4, 0.5) is 0 Å². The number of benzene rings is 2. The molecule has 0 saturated carbocycles. The Kier molecular flexibility index (Phi) is 6.25. The number of nitrogens with zero attached hydrogens (tertiary/aromatic N) is 1. The number of aromatic nitrogens is 1. The highest BCUT2D eigenvalue weighted by molar-refractivity contribution is 6.01. The lowest BCUT2D eigenvalue weighted by atomic mass is 10.1.